The molecule has 0 unspecified atom stereocenters. The van der Waals surface area contributed by atoms with Gasteiger partial charge in [0.2, 0.25) is 5.91 Å². The molecule has 0 aromatic carbocycles. The van der Waals surface area contributed by atoms with E-state index in [1.165, 1.54) is 6.07 Å². The molecule has 3 heterocycles. The van der Waals surface area contributed by atoms with Crippen LogP contribution in [-0.4, -0.2) is 63.8 Å². The fourth-order valence-electron chi connectivity index (χ4n) is 4.83. The normalized spacial score (nSPS) is 26.0. The summed E-state index contributed by atoms with van der Waals surface area (Å²) < 4.78 is 14.4. The Labute approximate surface area is 175 Å². The third-order valence-corrected chi connectivity index (χ3v) is 6.40. The first-order chi connectivity index (χ1) is 14.6. The minimum absolute atomic E-state index is 0.0429. The van der Waals surface area contributed by atoms with E-state index in [-0.39, 0.29) is 23.6 Å². The molecule has 4 rings (SSSR count). The van der Waals surface area contributed by atoms with Crippen molar-refractivity contribution in [1.29, 1.82) is 0 Å². The molecule has 2 fully saturated rings. The molecule has 9 heteroatoms. The molecule has 2 aromatic rings. The lowest BCUT2D eigenvalue weighted by atomic mass is 9.77. The molecule has 4 atom stereocenters. The summed E-state index contributed by atoms with van der Waals surface area (Å²) in [5.74, 6) is 0.949. The van der Waals surface area contributed by atoms with Crippen LogP contribution in [0.15, 0.2) is 35.4 Å². The number of aromatic nitrogens is 4. The Kier molecular flexibility index (Phi) is 6.29. The number of pyridine rings is 1. The third-order valence-electron chi connectivity index (χ3n) is 6.40. The summed E-state index contributed by atoms with van der Waals surface area (Å²) in [5, 5.41) is 8.47. The maximum atomic E-state index is 12.8. The Bertz CT molecular complexity index is 926. The van der Waals surface area contributed by atoms with Crippen molar-refractivity contribution in [3.8, 4) is 0 Å². The van der Waals surface area contributed by atoms with Crippen molar-refractivity contribution < 1.29 is 14.3 Å². The number of nitrogens with zero attached hydrogens (tertiary/aromatic N) is 5. The molecule has 0 spiro atoms. The summed E-state index contributed by atoms with van der Waals surface area (Å²) in [6.45, 7) is 2.35. The molecule has 0 radical (unpaired) electrons. The van der Waals surface area contributed by atoms with Crippen molar-refractivity contribution in [1.82, 2.24) is 24.5 Å². The summed E-state index contributed by atoms with van der Waals surface area (Å²) in [6.07, 6.45) is 5.83. The molecule has 1 aliphatic carbocycles. The monoisotopic (exact) mass is 415 g/mol. The number of methoxy groups -OCH3 is 2. The number of carbonyl (C=O) groups is 1. The van der Waals surface area contributed by atoms with E-state index in [2.05, 4.69) is 10.3 Å². The summed E-state index contributed by atoms with van der Waals surface area (Å²) in [7, 11) is 3.38. The van der Waals surface area contributed by atoms with E-state index in [0.717, 1.165) is 31.6 Å². The number of amides is 1. The SMILES string of the molecule is COCc1cn([C@@H]2C[C@@H]3CN(C(=O)CCn4ccccc4=O)C[C@@H]3C[C@H]2OC)nn1. The van der Waals surface area contributed by atoms with Crippen LogP contribution in [0.25, 0.3) is 0 Å². The Hall–Kier alpha value is -2.52. The average Bonchev–Trinajstić information content (AvgIpc) is 3.38. The second-order valence-electron chi connectivity index (χ2n) is 8.24. The van der Waals surface area contributed by atoms with E-state index < -0.39 is 0 Å². The molecule has 1 aliphatic heterocycles. The second kappa shape index (κ2) is 9.09. The van der Waals surface area contributed by atoms with Crippen molar-refractivity contribution in [2.24, 2.45) is 11.8 Å². The van der Waals surface area contributed by atoms with Gasteiger partial charge in [-0.25, -0.2) is 4.68 Å². The molecular formula is C21H29N5O4. The predicted octanol–water partition coefficient (Wildman–Crippen LogP) is 1.10. The van der Waals surface area contributed by atoms with E-state index in [1.807, 2.05) is 21.8 Å². The van der Waals surface area contributed by atoms with E-state index in [0.29, 0.717) is 31.4 Å². The Morgan fingerprint density at radius 2 is 2.00 bits per heavy atom. The Morgan fingerprint density at radius 3 is 2.73 bits per heavy atom. The Morgan fingerprint density at radius 1 is 1.20 bits per heavy atom. The zero-order valence-corrected chi connectivity index (χ0v) is 17.5. The van der Waals surface area contributed by atoms with Crippen LogP contribution in [0, 0.1) is 11.8 Å². The van der Waals surface area contributed by atoms with Crippen LogP contribution in [0.5, 0.6) is 0 Å². The standard InChI is InChI=1S/C21H29N5O4/c1-29-14-17-13-26(23-22-17)18-9-15-11-25(12-16(15)10-19(18)30-2)21(28)6-8-24-7-4-3-5-20(24)27/h3-5,7,13,15-16,18-19H,6,8-12,14H2,1-2H3/t15-,16+,18-,19-/m1/s1. The van der Waals surface area contributed by atoms with Crippen molar-refractivity contribution >= 4 is 5.91 Å². The van der Waals surface area contributed by atoms with Crippen LogP contribution >= 0.6 is 0 Å². The first kappa shape index (κ1) is 20.7. The molecule has 30 heavy (non-hydrogen) atoms. The zero-order valence-electron chi connectivity index (χ0n) is 17.5. The van der Waals surface area contributed by atoms with Gasteiger partial charge in [-0.2, -0.15) is 0 Å². The van der Waals surface area contributed by atoms with Crippen molar-refractivity contribution in [3.05, 3.63) is 46.6 Å². The van der Waals surface area contributed by atoms with Gasteiger partial charge in [-0.05, 0) is 30.7 Å². The highest BCUT2D eigenvalue weighted by atomic mass is 16.5. The molecule has 2 aliphatic rings. The topological polar surface area (TPSA) is 91.5 Å². The minimum atomic E-state index is -0.0770. The molecular weight excluding hydrogens is 386 g/mol. The third kappa shape index (κ3) is 4.32. The number of likely N-dealkylation sites (tertiary alicyclic amines) is 1. The predicted molar refractivity (Wildman–Crippen MR) is 109 cm³/mol. The van der Waals surface area contributed by atoms with Crippen LogP contribution in [0.3, 0.4) is 0 Å². The lowest BCUT2D eigenvalue weighted by Gasteiger charge is -2.36. The molecule has 162 valence electrons. The van der Waals surface area contributed by atoms with Crippen LogP contribution < -0.4 is 5.56 Å². The highest BCUT2D eigenvalue weighted by Crippen LogP contribution is 2.42. The fourth-order valence-corrected chi connectivity index (χ4v) is 4.83. The van der Waals surface area contributed by atoms with Gasteiger partial charge in [0, 0.05) is 52.5 Å². The van der Waals surface area contributed by atoms with Crippen LogP contribution in [-0.2, 0) is 27.4 Å². The summed E-state index contributed by atoms with van der Waals surface area (Å²) in [4.78, 5) is 26.6. The van der Waals surface area contributed by atoms with Gasteiger partial charge in [-0.3, -0.25) is 9.59 Å². The second-order valence-corrected chi connectivity index (χ2v) is 8.24. The van der Waals surface area contributed by atoms with Gasteiger partial charge < -0.3 is 18.9 Å². The van der Waals surface area contributed by atoms with Gasteiger partial charge in [0.05, 0.1) is 24.9 Å². The van der Waals surface area contributed by atoms with Gasteiger partial charge in [0.25, 0.3) is 5.56 Å². The van der Waals surface area contributed by atoms with Crippen molar-refractivity contribution in [3.63, 3.8) is 0 Å². The molecule has 1 saturated carbocycles. The van der Waals surface area contributed by atoms with Gasteiger partial charge in [0.1, 0.15) is 5.69 Å². The number of carbonyl (C=O) groups excluding carboxylic acids is 1. The number of aryl methyl sites for hydroxylation is 1. The molecule has 2 aromatic heterocycles. The lowest BCUT2D eigenvalue weighted by molar-refractivity contribution is -0.130. The highest BCUT2D eigenvalue weighted by molar-refractivity contribution is 5.76. The van der Waals surface area contributed by atoms with Gasteiger partial charge in [-0.15, -0.1) is 5.10 Å². The molecule has 9 nitrogen and oxygen atoms in total. The lowest BCUT2D eigenvalue weighted by Crippen LogP contribution is -2.37. The smallest absolute Gasteiger partial charge is 0.250 e. The fraction of sp³-hybridized carbons (Fsp3) is 0.619. The number of rotatable bonds is 7. The summed E-state index contributed by atoms with van der Waals surface area (Å²) in [5.41, 5.74) is 0.723. The minimum Gasteiger partial charge on any atom is -0.379 e. The van der Waals surface area contributed by atoms with E-state index in [4.69, 9.17) is 9.47 Å². The van der Waals surface area contributed by atoms with Crippen LogP contribution in [0.2, 0.25) is 0 Å². The Balaban J connectivity index is 1.38. The number of ether oxygens (including phenoxy) is 2. The van der Waals surface area contributed by atoms with E-state index >= 15 is 0 Å². The maximum Gasteiger partial charge on any atom is 0.250 e. The quantitative estimate of drug-likeness (QED) is 0.673. The maximum absolute atomic E-state index is 12.8. The molecule has 1 amide bonds. The summed E-state index contributed by atoms with van der Waals surface area (Å²) >= 11 is 0. The van der Waals surface area contributed by atoms with Crippen LogP contribution in [0.1, 0.15) is 31.0 Å². The van der Waals surface area contributed by atoms with Crippen molar-refractivity contribution in [2.45, 2.75) is 44.6 Å². The molecule has 0 bridgehead atoms. The summed E-state index contributed by atoms with van der Waals surface area (Å²) in [6, 6.07) is 5.14. The highest BCUT2D eigenvalue weighted by Gasteiger charge is 2.44. The first-order valence-electron chi connectivity index (χ1n) is 10.4. The molecule has 0 N–H and O–H groups in total. The van der Waals surface area contributed by atoms with Gasteiger partial charge in [0.15, 0.2) is 0 Å². The van der Waals surface area contributed by atoms with E-state index in [1.54, 1.807) is 31.0 Å². The molecule has 1 saturated heterocycles. The largest absolute Gasteiger partial charge is 0.379 e. The van der Waals surface area contributed by atoms with Gasteiger partial charge >= 0.3 is 0 Å². The van der Waals surface area contributed by atoms with Crippen LogP contribution in [0.4, 0.5) is 0 Å². The van der Waals surface area contributed by atoms with Gasteiger partial charge in [-0.1, -0.05) is 11.3 Å². The van der Waals surface area contributed by atoms with E-state index in [9.17, 15) is 9.59 Å². The zero-order chi connectivity index (χ0) is 21.1. The number of fused-ring (bicyclic) bond motifs is 1. The number of hydrogen-bond donors (Lipinski definition) is 0. The first-order valence-corrected chi connectivity index (χ1v) is 10.4. The number of hydrogen-bond acceptors (Lipinski definition) is 6. The van der Waals surface area contributed by atoms with Crippen molar-refractivity contribution in [2.75, 3.05) is 27.3 Å². The average molecular weight is 415 g/mol.